The first-order valence-electron chi connectivity index (χ1n) is 9.15. The van der Waals surface area contributed by atoms with Crippen LogP contribution >= 0.6 is 23.1 Å². The molecule has 3 rings (SSSR count). The maximum atomic E-state index is 13.3. The number of rotatable bonds is 8. The minimum atomic E-state index is -4.87. The van der Waals surface area contributed by atoms with Crippen LogP contribution in [0.25, 0.3) is 0 Å². The highest BCUT2D eigenvalue weighted by atomic mass is 32.2. The number of ether oxygens (including phenoxy) is 1. The zero-order valence-electron chi connectivity index (χ0n) is 16.1. The zero-order valence-corrected chi connectivity index (χ0v) is 17.8. The molecule has 1 aliphatic heterocycles. The van der Waals surface area contributed by atoms with Gasteiger partial charge in [0.1, 0.15) is 0 Å². The van der Waals surface area contributed by atoms with Gasteiger partial charge in [-0.15, -0.1) is 10.2 Å². The first-order valence-corrected chi connectivity index (χ1v) is 10.8. The van der Waals surface area contributed by atoms with Crippen LogP contribution in [0.2, 0.25) is 0 Å². The summed E-state index contributed by atoms with van der Waals surface area (Å²) in [5, 5.41) is 23.8. The average Bonchev–Trinajstić information content (AvgIpc) is 3.37. The van der Waals surface area contributed by atoms with Crippen molar-refractivity contribution < 1.29 is 27.6 Å². The number of amides is 1. The summed E-state index contributed by atoms with van der Waals surface area (Å²) >= 11 is 2.26. The largest absolute Gasteiger partial charge is 0.418 e. The number of nitrogens with one attached hydrogen (secondary N) is 2. The molecule has 0 bridgehead atoms. The summed E-state index contributed by atoms with van der Waals surface area (Å²) in [6.07, 6.45) is -2.77. The number of halogens is 3. The Morgan fingerprint density at radius 3 is 2.87 bits per heavy atom. The van der Waals surface area contributed by atoms with E-state index in [0.29, 0.717) is 22.1 Å². The molecule has 2 unspecified atom stereocenters. The molecule has 14 heteroatoms. The topological polar surface area (TPSA) is 119 Å². The Balaban J connectivity index is 1.61. The summed E-state index contributed by atoms with van der Waals surface area (Å²) in [4.78, 5) is 22.3. The Hall–Kier alpha value is -2.45. The molecule has 1 saturated heterocycles. The van der Waals surface area contributed by atoms with Gasteiger partial charge >= 0.3 is 6.18 Å². The van der Waals surface area contributed by atoms with Gasteiger partial charge in [-0.1, -0.05) is 23.1 Å². The number of carbonyl (C=O) groups excluding carboxylic acids is 1. The molecule has 2 aromatic rings. The summed E-state index contributed by atoms with van der Waals surface area (Å²) < 4.78 is 45.8. The second-order valence-corrected chi connectivity index (χ2v) is 9.19. The Bertz CT molecular complexity index is 950. The number of nitro groups is 1. The third kappa shape index (κ3) is 6.27. The summed E-state index contributed by atoms with van der Waals surface area (Å²) in [7, 11) is 0. The standard InChI is InChI=1S/C17H18F3N5O4S2/c1-9(30-16-24-23-15(31-16)21-8-11-3-2-6-29-11)14(26)22-13-5-4-10(25(27)28)7-12(13)17(18,19)20/h4-5,7,9,11H,2-3,6,8H2,1H3,(H,21,23)(H,22,26). The van der Waals surface area contributed by atoms with Crippen molar-refractivity contribution in [3.8, 4) is 0 Å². The van der Waals surface area contributed by atoms with Crippen molar-refractivity contribution >= 4 is 45.5 Å². The molecule has 9 nitrogen and oxygen atoms in total. The molecule has 2 heterocycles. The molecule has 2 atom stereocenters. The number of non-ortho nitro benzene ring substituents is 1. The number of aromatic nitrogens is 2. The van der Waals surface area contributed by atoms with Crippen LogP contribution in [0.1, 0.15) is 25.3 Å². The maximum Gasteiger partial charge on any atom is 0.418 e. The molecule has 31 heavy (non-hydrogen) atoms. The van der Waals surface area contributed by atoms with E-state index >= 15 is 0 Å². The van der Waals surface area contributed by atoms with Crippen molar-refractivity contribution in [3.05, 3.63) is 33.9 Å². The lowest BCUT2D eigenvalue weighted by atomic mass is 10.1. The van der Waals surface area contributed by atoms with Gasteiger partial charge in [0.05, 0.1) is 27.5 Å². The van der Waals surface area contributed by atoms with Gasteiger partial charge in [-0.25, -0.2) is 0 Å². The monoisotopic (exact) mass is 477 g/mol. The molecule has 168 valence electrons. The van der Waals surface area contributed by atoms with E-state index in [0.717, 1.165) is 43.3 Å². The second-order valence-electron chi connectivity index (χ2n) is 6.62. The number of nitro benzene ring substituents is 1. The van der Waals surface area contributed by atoms with Crippen LogP contribution in [-0.4, -0.2) is 45.5 Å². The number of hydrogen-bond donors (Lipinski definition) is 2. The van der Waals surface area contributed by atoms with Gasteiger partial charge in [0.25, 0.3) is 5.69 Å². The van der Waals surface area contributed by atoms with E-state index in [1.807, 2.05) is 0 Å². The van der Waals surface area contributed by atoms with Crippen LogP contribution in [0.5, 0.6) is 0 Å². The molecule has 1 aromatic heterocycles. The molecule has 0 saturated carbocycles. The van der Waals surface area contributed by atoms with E-state index in [1.165, 1.54) is 18.3 Å². The first-order chi connectivity index (χ1) is 14.6. The first kappa shape index (κ1) is 23.2. The van der Waals surface area contributed by atoms with Crippen molar-refractivity contribution in [2.24, 2.45) is 0 Å². The van der Waals surface area contributed by atoms with Crippen molar-refractivity contribution in [3.63, 3.8) is 0 Å². The van der Waals surface area contributed by atoms with Crippen LogP contribution in [0.4, 0.5) is 29.7 Å². The second kappa shape index (κ2) is 9.78. The number of benzene rings is 1. The zero-order chi connectivity index (χ0) is 22.6. The van der Waals surface area contributed by atoms with E-state index in [9.17, 15) is 28.1 Å². The molecular weight excluding hydrogens is 459 g/mol. The Morgan fingerprint density at radius 1 is 1.45 bits per heavy atom. The molecular formula is C17H18F3N5O4S2. The van der Waals surface area contributed by atoms with Crippen LogP contribution in [0.15, 0.2) is 22.5 Å². The highest BCUT2D eigenvalue weighted by Crippen LogP contribution is 2.37. The van der Waals surface area contributed by atoms with E-state index < -0.39 is 39.2 Å². The van der Waals surface area contributed by atoms with E-state index in [2.05, 4.69) is 20.8 Å². The smallest absolute Gasteiger partial charge is 0.376 e. The summed E-state index contributed by atoms with van der Waals surface area (Å²) in [5.74, 6) is -0.701. The lowest BCUT2D eigenvalue weighted by molar-refractivity contribution is -0.385. The fourth-order valence-corrected chi connectivity index (χ4v) is 4.67. The highest BCUT2D eigenvalue weighted by Gasteiger charge is 2.36. The van der Waals surface area contributed by atoms with Crippen molar-refractivity contribution in [1.29, 1.82) is 0 Å². The normalized spacial score (nSPS) is 17.4. The molecule has 2 N–H and O–H groups in total. The van der Waals surface area contributed by atoms with E-state index in [4.69, 9.17) is 4.74 Å². The predicted octanol–water partition coefficient (Wildman–Crippen LogP) is 4.18. The molecule has 0 radical (unpaired) electrons. The highest BCUT2D eigenvalue weighted by molar-refractivity contribution is 8.02. The number of nitrogens with zero attached hydrogens (tertiary/aromatic N) is 3. The third-order valence-electron chi connectivity index (χ3n) is 4.34. The summed E-state index contributed by atoms with van der Waals surface area (Å²) in [5.41, 5.74) is -2.56. The van der Waals surface area contributed by atoms with Gasteiger partial charge in [-0.2, -0.15) is 13.2 Å². The molecule has 0 spiro atoms. The van der Waals surface area contributed by atoms with Gasteiger partial charge in [0.2, 0.25) is 11.0 Å². The predicted molar refractivity (Wildman–Crippen MR) is 109 cm³/mol. The SMILES string of the molecule is CC(Sc1nnc(NCC2CCCO2)s1)C(=O)Nc1ccc([N+](=O)[O-])cc1C(F)(F)F. The average molecular weight is 477 g/mol. The molecule has 1 fully saturated rings. The van der Waals surface area contributed by atoms with Gasteiger partial charge in [-0.3, -0.25) is 14.9 Å². The van der Waals surface area contributed by atoms with Crippen molar-refractivity contribution in [2.75, 3.05) is 23.8 Å². The lowest BCUT2D eigenvalue weighted by Gasteiger charge is -2.15. The van der Waals surface area contributed by atoms with Gasteiger partial charge in [-0.05, 0) is 25.8 Å². The van der Waals surface area contributed by atoms with Crippen molar-refractivity contribution in [1.82, 2.24) is 10.2 Å². The quantitative estimate of drug-likeness (QED) is 0.330. The minimum absolute atomic E-state index is 0.120. The molecule has 1 aromatic carbocycles. The van der Waals surface area contributed by atoms with E-state index in [1.54, 1.807) is 0 Å². The van der Waals surface area contributed by atoms with Crippen LogP contribution in [0, 0.1) is 10.1 Å². The molecule has 0 aliphatic carbocycles. The van der Waals surface area contributed by atoms with Crippen LogP contribution in [0.3, 0.4) is 0 Å². The lowest BCUT2D eigenvalue weighted by Crippen LogP contribution is -2.24. The number of hydrogen-bond acceptors (Lipinski definition) is 9. The fourth-order valence-electron chi connectivity index (χ4n) is 2.76. The number of alkyl halides is 3. The third-order valence-corrected chi connectivity index (χ3v) is 6.40. The number of thioether (sulfide) groups is 1. The van der Waals surface area contributed by atoms with Gasteiger partial charge in [0.15, 0.2) is 4.34 Å². The minimum Gasteiger partial charge on any atom is -0.376 e. The van der Waals surface area contributed by atoms with Crippen molar-refractivity contribution in [2.45, 2.75) is 41.6 Å². The summed E-state index contributed by atoms with van der Waals surface area (Å²) in [6, 6.07) is 2.16. The van der Waals surface area contributed by atoms with Crippen LogP contribution in [-0.2, 0) is 15.7 Å². The Morgan fingerprint density at radius 2 is 2.23 bits per heavy atom. The molecule has 1 aliphatic rings. The number of carbonyl (C=O) groups is 1. The fraction of sp³-hybridized carbons (Fsp3) is 0.471. The van der Waals surface area contributed by atoms with Gasteiger partial charge < -0.3 is 15.4 Å². The Kier molecular flexibility index (Phi) is 7.33. The number of anilines is 2. The van der Waals surface area contributed by atoms with E-state index in [-0.39, 0.29) is 6.10 Å². The summed E-state index contributed by atoms with van der Waals surface area (Å²) in [6.45, 7) is 2.84. The Labute approximate surface area is 182 Å². The van der Waals surface area contributed by atoms with Gasteiger partial charge in [0, 0.05) is 25.3 Å². The molecule has 1 amide bonds. The maximum absolute atomic E-state index is 13.3. The van der Waals surface area contributed by atoms with Crippen LogP contribution < -0.4 is 10.6 Å².